The van der Waals surface area contributed by atoms with Gasteiger partial charge in [-0.3, -0.25) is 4.79 Å². The van der Waals surface area contributed by atoms with E-state index in [2.05, 4.69) is 0 Å². The fraction of sp³-hybridized carbons (Fsp3) is 0.889. The van der Waals surface area contributed by atoms with Gasteiger partial charge >= 0.3 is 0 Å². The number of halogens is 3. The van der Waals surface area contributed by atoms with E-state index in [1.165, 1.54) is 0 Å². The summed E-state index contributed by atoms with van der Waals surface area (Å²) in [4.78, 5) is 13.2. The highest BCUT2D eigenvalue weighted by Gasteiger charge is 2.50. The van der Waals surface area contributed by atoms with Crippen LogP contribution in [-0.4, -0.2) is 35.9 Å². The second-order valence-electron chi connectivity index (χ2n) is 4.29. The van der Waals surface area contributed by atoms with Crippen LogP contribution in [0.1, 0.15) is 19.3 Å². The van der Waals surface area contributed by atoms with E-state index in [0.717, 1.165) is 6.42 Å². The SMILES string of the molecule is Cl.NC1CCN(C(=O)C2CC(F)(F)C2)C1. The third-order valence-corrected chi connectivity index (χ3v) is 2.98. The van der Waals surface area contributed by atoms with Gasteiger partial charge in [-0.1, -0.05) is 0 Å². The Morgan fingerprint density at radius 1 is 1.40 bits per heavy atom. The Morgan fingerprint density at radius 3 is 2.40 bits per heavy atom. The van der Waals surface area contributed by atoms with Crippen molar-refractivity contribution in [2.75, 3.05) is 13.1 Å². The van der Waals surface area contributed by atoms with Crippen molar-refractivity contribution in [3.63, 3.8) is 0 Å². The first kappa shape index (κ1) is 12.6. The molecule has 0 radical (unpaired) electrons. The second kappa shape index (κ2) is 4.22. The van der Waals surface area contributed by atoms with Gasteiger partial charge in [0.25, 0.3) is 0 Å². The molecule has 0 aromatic rings. The molecule has 1 amide bonds. The number of carbonyl (C=O) groups is 1. The summed E-state index contributed by atoms with van der Waals surface area (Å²) >= 11 is 0. The molecule has 1 saturated carbocycles. The average molecular weight is 241 g/mol. The topological polar surface area (TPSA) is 46.3 Å². The number of hydrogen-bond acceptors (Lipinski definition) is 2. The Kier molecular flexibility index (Phi) is 3.55. The summed E-state index contributed by atoms with van der Waals surface area (Å²) in [5.74, 6) is -3.21. The standard InChI is InChI=1S/C9H14F2N2O.ClH/c10-9(11)3-6(4-9)8(14)13-2-1-7(12)5-13;/h6-7H,1-5,12H2;1H. The quantitative estimate of drug-likeness (QED) is 0.744. The second-order valence-corrected chi connectivity index (χ2v) is 4.29. The lowest BCUT2D eigenvalue weighted by molar-refractivity contribution is -0.158. The highest BCUT2D eigenvalue weighted by Crippen LogP contribution is 2.43. The van der Waals surface area contributed by atoms with Crippen molar-refractivity contribution in [1.82, 2.24) is 4.90 Å². The predicted molar refractivity (Wildman–Crippen MR) is 54.1 cm³/mol. The van der Waals surface area contributed by atoms with Crippen molar-refractivity contribution in [1.29, 1.82) is 0 Å². The van der Waals surface area contributed by atoms with Gasteiger partial charge < -0.3 is 10.6 Å². The van der Waals surface area contributed by atoms with Gasteiger partial charge in [-0.05, 0) is 6.42 Å². The molecule has 0 spiro atoms. The maximum atomic E-state index is 12.5. The highest BCUT2D eigenvalue weighted by atomic mass is 35.5. The first-order valence-corrected chi connectivity index (χ1v) is 4.90. The van der Waals surface area contributed by atoms with E-state index in [-0.39, 0.29) is 37.2 Å². The normalized spacial score (nSPS) is 29.5. The first-order chi connectivity index (χ1) is 6.48. The molecule has 1 aliphatic heterocycles. The van der Waals surface area contributed by atoms with E-state index in [0.29, 0.717) is 13.1 Å². The van der Waals surface area contributed by atoms with Gasteiger partial charge in [-0.2, -0.15) is 0 Å². The Balaban J connectivity index is 0.00000112. The summed E-state index contributed by atoms with van der Waals surface area (Å²) in [6.07, 6.45) is 0.226. The van der Waals surface area contributed by atoms with E-state index in [1.54, 1.807) is 4.90 Å². The van der Waals surface area contributed by atoms with Crippen LogP contribution < -0.4 is 5.73 Å². The smallest absolute Gasteiger partial charge is 0.249 e. The van der Waals surface area contributed by atoms with Crippen LogP contribution in [0, 0.1) is 5.92 Å². The fourth-order valence-electron chi connectivity index (χ4n) is 2.08. The molecular weight excluding hydrogens is 226 g/mol. The number of likely N-dealkylation sites (tertiary alicyclic amines) is 1. The van der Waals surface area contributed by atoms with E-state index < -0.39 is 11.8 Å². The molecule has 2 aliphatic rings. The van der Waals surface area contributed by atoms with Crippen LogP contribution in [0.3, 0.4) is 0 Å². The van der Waals surface area contributed by atoms with Crippen LogP contribution in [0.5, 0.6) is 0 Å². The number of rotatable bonds is 1. The van der Waals surface area contributed by atoms with Gasteiger partial charge in [0.2, 0.25) is 11.8 Å². The molecule has 0 aromatic carbocycles. The van der Waals surface area contributed by atoms with Crippen LogP contribution in [0.25, 0.3) is 0 Å². The van der Waals surface area contributed by atoms with Crippen molar-refractivity contribution >= 4 is 18.3 Å². The van der Waals surface area contributed by atoms with Gasteiger partial charge in [0.15, 0.2) is 0 Å². The molecule has 2 N–H and O–H groups in total. The molecule has 1 aliphatic carbocycles. The number of amides is 1. The zero-order chi connectivity index (χ0) is 10.3. The lowest BCUT2D eigenvalue weighted by Gasteiger charge is -2.36. The minimum atomic E-state index is -2.61. The zero-order valence-corrected chi connectivity index (χ0v) is 9.10. The Bertz CT molecular complexity index is 254. The molecule has 15 heavy (non-hydrogen) atoms. The molecule has 0 aromatic heterocycles. The number of nitrogens with two attached hydrogens (primary N) is 1. The molecule has 1 heterocycles. The predicted octanol–water partition coefficient (Wildman–Crippen LogP) is 1.01. The van der Waals surface area contributed by atoms with Crippen LogP contribution in [0.4, 0.5) is 8.78 Å². The minimum absolute atomic E-state index is 0. The van der Waals surface area contributed by atoms with Gasteiger partial charge in [-0.25, -0.2) is 8.78 Å². The third kappa shape index (κ3) is 2.58. The van der Waals surface area contributed by atoms with Gasteiger partial charge in [0, 0.05) is 37.9 Å². The first-order valence-electron chi connectivity index (χ1n) is 4.90. The molecule has 1 atom stereocenters. The molecule has 1 saturated heterocycles. The summed E-state index contributed by atoms with van der Waals surface area (Å²) in [5, 5.41) is 0. The monoisotopic (exact) mass is 240 g/mol. The van der Waals surface area contributed by atoms with Crippen LogP contribution in [0.2, 0.25) is 0 Å². The Hall–Kier alpha value is -0.420. The lowest BCUT2D eigenvalue weighted by atomic mass is 9.80. The molecule has 88 valence electrons. The summed E-state index contributed by atoms with van der Waals surface area (Å²) in [6.45, 7) is 1.16. The number of alkyl halides is 2. The van der Waals surface area contributed by atoms with Crippen LogP contribution in [0.15, 0.2) is 0 Å². The van der Waals surface area contributed by atoms with E-state index in [9.17, 15) is 13.6 Å². The van der Waals surface area contributed by atoms with E-state index >= 15 is 0 Å². The Labute approximate surface area is 93.4 Å². The maximum Gasteiger partial charge on any atom is 0.249 e. The Morgan fingerprint density at radius 2 is 2.00 bits per heavy atom. The van der Waals surface area contributed by atoms with Crippen molar-refractivity contribution in [2.24, 2.45) is 11.7 Å². The summed E-state index contributed by atoms with van der Waals surface area (Å²) in [6, 6.07) is 0.0273. The van der Waals surface area contributed by atoms with Gasteiger partial charge in [0.05, 0.1) is 0 Å². The largest absolute Gasteiger partial charge is 0.341 e. The molecule has 2 rings (SSSR count). The molecule has 3 nitrogen and oxygen atoms in total. The van der Waals surface area contributed by atoms with Crippen molar-refractivity contribution in [2.45, 2.75) is 31.2 Å². The van der Waals surface area contributed by atoms with Crippen LogP contribution >= 0.6 is 12.4 Å². The van der Waals surface area contributed by atoms with Gasteiger partial charge in [-0.15, -0.1) is 12.4 Å². The average Bonchev–Trinajstić information content (AvgIpc) is 2.46. The lowest BCUT2D eigenvalue weighted by Crippen LogP contribution is -2.46. The molecular formula is C9H15ClF2N2O. The van der Waals surface area contributed by atoms with Crippen LogP contribution in [-0.2, 0) is 4.79 Å². The van der Waals surface area contributed by atoms with E-state index in [1.807, 2.05) is 0 Å². The molecule has 6 heteroatoms. The van der Waals surface area contributed by atoms with Crippen molar-refractivity contribution in [3.05, 3.63) is 0 Å². The maximum absolute atomic E-state index is 12.5. The zero-order valence-electron chi connectivity index (χ0n) is 8.29. The summed E-state index contributed by atoms with van der Waals surface area (Å²) in [7, 11) is 0. The molecule has 0 bridgehead atoms. The fourth-order valence-corrected chi connectivity index (χ4v) is 2.08. The molecule has 1 unspecified atom stereocenters. The van der Waals surface area contributed by atoms with E-state index in [4.69, 9.17) is 5.73 Å². The highest BCUT2D eigenvalue weighted by molar-refractivity contribution is 5.85. The number of carbonyl (C=O) groups excluding carboxylic acids is 1. The van der Waals surface area contributed by atoms with Crippen molar-refractivity contribution < 1.29 is 13.6 Å². The third-order valence-electron chi connectivity index (χ3n) is 2.98. The minimum Gasteiger partial charge on any atom is -0.341 e. The molecule has 2 fully saturated rings. The summed E-state index contributed by atoms with van der Waals surface area (Å²) < 4.78 is 25.0. The number of nitrogens with zero attached hydrogens (tertiary/aromatic N) is 1. The summed E-state index contributed by atoms with van der Waals surface area (Å²) in [5.41, 5.74) is 5.63. The van der Waals surface area contributed by atoms with Gasteiger partial charge in [0.1, 0.15) is 0 Å². The van der Waals surface area contributed by atoms with Crippen molar-refractivity contribution in [3.8, 4) is 0 Å². The number of hydrogen-bond donors (Lipinski definition) is 1.